The molecule has 0 heterocycles. The van der Waals surface area contributed by atoms with E-state index in [-0.39, 0.29) is 11.8 Å². The van der Waals surface area contributed by atoms with Gasteiger partial charge >= 0.3 is 0 Å². The number of unbranched alkanes of at least 4 members (excludes halogenated alkanes) is 1. The summed E-state index contributed by atoms with van der Waals surface area (Å²) in [6.45, 7) is 8.21. The van der Waals surface area contributed by atoms with Crippen molar-refractivity contribution in [3.05, 3.63) is 41.2 Å². The molecule has 162 valence electrons. The summed E-state index contributed by atoms with van der Waals surface area (Å²) in [6, 6.07) is 0. The van der Waals surface area contributed by atoms with Gasteiger partial charge in [0.1, 0.15) is 0 Å². The van der Waals surface area contributed by atoms with Crippen LogP contribution in [0.1, 0.15) is 90.9 Å². The lowest BCUT2D eigenvalue weighted by Crippen LogP contribution is -2.16. The van der Waals surface area contributed by atoms with Crippen molar-refractivity contribution in [2.45, 2.75) is 96.5 Å². The van der Waals surface area contributed by atoms with Gasteiger partial charge < -0.3 is 5.11 Å². The first kappa shape index (κ1) is 22.9. The molecule has 2 nitrogen and oxygen atoms in total. The molecule has 3 unspecified atom stereocenters. The predicted octanol–water partition coefficient (Wildman–Crippen LogP) is 6.46. The third-order valence-electron chi connectivity index (χ3n) is 7.18. The molecule has 3 atom stereocenters. The Morgan fingerprint density at radius 3 is 2.80 bits per heavy atom. The number of carbonyl (C=O) groups excluding carboxylic acids is 1. The van der Waals surface area contributed by atoms with E-state index in [2.05, 4.69) is 43.2 Å². The van der Waals surface area contributed by atoms with E-state index in [0.717, 1.165) is 68.9 Å². The summed E-state index contributed by atoms with van der Waals surface area (Å²) < 4.78 is 0. The second kappa shape index (κ2) is 10.5. The average molecular weight is 407 g/mol. The number of hydrogen-bond donors (Lipinski definition) is 1. The summed E-state index contributed by atoms with van der Waals surface area (Å²) in [6.07, 6.45) is 16.2. The standard InChI is InChI=1S/C28H38O2/c1-4-6-10-24-15-17-26(16-14-23(24)8-5-2)27(29)25-11-7-9-22(12-13-25)20-21(3)28(30)18-19-28/h14,20,23-25,30H,3-4,6-7,9-13,15,17-19H2,1-2H3. The first-order chi connectivity index (χ1) is 14.5. The molecular formula is C28H38O2. The third-order valence-corrected chi connectivity index (χ3v) is 7.18. The Hall–Kier alpha value is -1.81. The minimum absolute atomic E-state index is 0.104. The highest BCUT2D eigenvalue weighted by Crippen LogP contribution is 2.43. The highest BCUT2D eigenvalue weighted by molar-refractivity contribution is 5.97. The van der Waals surface area contributed by atoms with Crippen LogP contribution < -0.4 is 0 Å². The molecule has 0 spiro atoms. The van der Waals surface area contributed by atoms with E-state index < -0.39 is 5.60 Å². The quantitative estimate of drug-likeness (QED) is 0.299. The van der Waals surface area contributed by atoms with Crippen molar-refractivity contribution in [1.82, 2.24) is 0 Å². The van der Waals surface area contributed by atoms with Crippen molar-refractivity contribution < 1.29 is 9.90 Å². The van der Waals surface area contributed by atoms with Gasteiger partial charge in [0, 0.05) is 17.4 Å². The van der Waals surface area contributed by atoms with Crippen molar-refractivity contribution in [3.63, 3.8) is 0 Å². The molecule has 0 bridgehead atoms. The fourth-order valence-electron chi connectivity index (χ4n) is 4.90. The zero-order valence-electron chi connectivity index (χ0n) is 18.9. The fraction of sp³-hybridized carbons (Fsp3) is 0.643. The van der Waals surface area contributed by atoms with Crippen molar-refractivity contribution >= 4 is 5.78 Å². The third kappa shape index (κ3) is 5.87. The summed E-state index contributed by atoms with van der Waals surface area (Å²) in [7, 11) is 0. The van der Waals surface area contributed by atoms with Crippen LogP contribution in [0.4, 0.5) is 0 Å². The van der Waals surface area contributed by atoms with Gasteiger partial charge in [0.15, 0.2) is 5.78 Å². The molecule has 30 heavy (non-hydrogen) atoms. The van der Waals surface area contributed by atoms with Gasteiger partial charge in [-0.05, 0) is 88.7 Å². The smallest absolute Gasteiger partial charge is 0.169 e. The zero-order valence-corrected chi connectivity index (χ0v) is 18.9. The molecule has 0 aliphatic heterocycles. The number of allylic oxidation sites excluding steroid dienone is 2. The van der Waals surface area contributed by atoms with Crippen molar-refractivity contribution in [2.75, 3.05) is 0 Å². The molecule has 3 aliphatic rings. The Balaban J connectivity index is 1.64. The molecular weight excluding hydrogens is 368 g/mol. The molecule has 2 fully saturated rings. The van der Waals surface area contributed by atoms with Gasteiger partial charge in [0.25, 0.3) is 0 Å². The summed E-state index contributed by atoms with van der Waals surface area (Å²) in [5.41, 5.74) is 5.85. The molecule has 0 saturated heterocycles. The highest BCUT2D eigenvalue weighted by Gasteiger charge is 2.42. The van der Waals surface area contributed by atoms with E-state index in [1.54, 1.807) is 0 Å². The Kier molecular flexibility index (Phi) is 7.99. The molecule has 3 rings (SSSR count). The largest absolute Gasteiger partial charge is 0.385 e. The van der Waals surface area contributed by atoms with E-state index in [4.69, 9.17) is 0 Å². The Morgan fingerprint density at radius 1 is 1.30 bits per heavy atom. The lowest BCUT2D eigenvalue weighted by Gasteiger charge is -2.19. The average Bonchev–Trinajstić information content (AvgIpc) is 3.54. The number of ketones is 1. The summed E-state index contributed by atoms with van der Waals surface area (Å²) in [4.78, 5) is 13.3. The van der Waals surface area contributed by atoms with Crippen LogP contribution in [0.25, 0.3) is 0 Å². The highest BCUT2D eigenvalue weighted by atomic mass is 16.3. The van der Waals surface area contributed by atoms with Crippen molar-refractivity contribution in [3.8, 4) is 11.8 Å². The summed E-state index contributed by atoms with van der Waals surface area (Å²) in [5.74, 6) is 7.61. The topological polar surface area (TPSA) is 37.3 Å². The monoisotopic (exact) mass is 406 g/mol. The molecule has 0 amide bonds. The maximum absolute atomic E-state index is 13.3. The SMILES string of the molecule is C=C(C=C1CCCC(C(=O)C2=C=CC(C#CC)C(CCCC)CC2)CC1)C1(O)CC1. The van der Waals surface area contributed by atoms with Gasteiger partial charge in [-0.3, -0.25) is 4.79 Å². The van der Waals surface area contributed by atoms with Crippen LogP contribution >= 0.6 is 0 Å². The van der Waals surface area contributed by atoms with Crippen molar-refractivity contribution in [1.29, 1.82) is 0 Å². The van der Waals surface area contributed by atoms with E-state index in [9.17, 15) is 9.90 Å². The molecule has 0 aromatic carbocycles. The van der Waals surface area contributed by atoms with Crippen LogP contribution in [-0.4, -0.2) is 16.5 Å². The van der Waals surface area contributed by atoms with Crippen LogP contribution in [0, 0.1) is 29.6 Å². The zero-order chi connectivity index (χ0) is 21.6. The maximum atomic E-state index is 13.3. The van der Waals surface area contributed by atoms with Crippen LogP contribution in [0.3, 0.4) is 0 Å². The Bertz CT molecular complexity index is 805. The van der Waals surface area contributed by atoms with Crippen LogP contribution in [-0.2, 0) is 4.79 Å². The lowest BCUT2D eigenvalue weighted by atomic mass is 9.84. The Morgan fingerprint density at radius 2 is 2.10 bits per heavy atom. The van der Waals surface area contributed by atoms with E-state index in [1.165, 1.54) is 24.8 Å². The van der Waals surface area contributed by atoms with Crippen LogP contribution in [0.15, 0.2) is 41.2 Å². The number of carbonyl (C=O) groups is 1. The lowest BCUT2D eigenvalue weighted by molar-refractivity contribution is -0.119. The number of aliphatic hydroxyl groups is 1. The van der Waals surface area contributed by atoms with Gasteiger partial charge in [0.2, 0.25) is 0 Å². The second-order valence-corrected chi connectivity index (χ2v) is 9.50. The van der Waals surface area contributed by atoms with Crippen LogP contribution in [0.5, 0.6) is 0 Å². The van der Waals surface area contributed by atoms with Gasteiger partial charge in [-0.1, -0.05) is 43.9 Å². The molecule has 1 N–H and O–H groups in total. The maximum Gasteiger partial charge on any atom is 0.169 e. The summed E-state index contributed by atoms with van der Waals surface area (Å²) in [5, 5.41) is 10.2. The van der Waals surface area contributed by atoms with Gasteiger partial charge in [-0.25, -0.2) is 0 Å². The second-order valence-electron chi connectivity index (χ2n) is 9.50. The normalized spacial score (nSPS) is 29.2. The molecule has 2 saturated carbocycles. The van der Waals surface area contributed by atoms with E-state index in [0.29, 0.717) is 11.7 Å². The fourth-order valence-corrected chi connectivity index (χ4v) is 4.90. The van der Waals surface area contributed by atoms with Gasteiger partial charge in [-0.2, -0.15) is 0 Å². The Labute approximate surface area is 183 Å². The molecule has 0 radical (unpaired) electrons. The first-order valence-electron chi connectivity index (χ1n) is 12.0. The number of rotatable bonds is 7. The summed E-state index contributed by atoms with van der Waals surface area (Å²) >= 11 is 0. The van der Waals surface area contributed by atoms with Crippen LogP contribution in [0.2, 0.25) is 0 Å². The van der Waals surface area contributed by atoms with Gasteiger partial charge in [0.05, 0.1) is 5.60 Å². The predicted molar refractivity (Wildman–Crippen MR) is 124 cm³/mol. The molecule has 3 aliphatic carbocycles. The molecule has 0 aromatic rings. The van der Waals surface area contributed by atoms with Gasteiger partial charge in [-0.15, -0.1) is 11.7 Å². The van der Waals surface area contributed by atoms with Crippen molar-refractivity contribution in [2.24, 2.45) is 17.8 Å². The van der Waals surface area contributed by atoms with E-state index in [1.807, 2.05) is 6.92 Å². The molecule has 2 heteroatoms. The minimum atomic E-state index is -0.642. The molecule has 0 aromatic heterocycles. The first-order valence-corrected chi connectivity index (χ1v) is 12.0. The minimum Gasteiger partial charge on any atom is -0.385 e. The number of hydrogen-bond acceptors (Lipinski definition) is 2. The van der Waals surface area contributed by atoms with E-state index >= 15 is 0 Å². The number of Topliss-reactive ketones (excluding diaryl/α,β-unsaturated/α-hetero) is 1.